The first-order valence-corrected chi connectivity index (χ1v) is 4.31. The topological polar surface area (TPSA) is 63.3 Å². The van der Waals surface area contributed by atoms with Gasteiger partial charge in [-0.2, -0.15) is 0 Å². The van der Waals surface area contributed by atoms with Gasteiger partial charge in [-0.3, -0.25) is 4.79 Å². The molecule has 0 radical (unpaired) electrons. The molecule has 0 saturated carbocycles. The molecule has 8 heavy (non-hydrogen) atoms. The standard InChI is InChI=1S/C2H5NO2.2ClH.Co/c3-1-2(4)5;;;/h1,3H2,(H,4,5);2*1H;/q;;;+2/p-2. The SMILES string of the molecule is NCC(=O)O.[Cl][Co][Cl]. The van der Waals surface area contributed by atoms with Crippen LogP contribution in [0.5, 0.6) is 0 Å². The van der Waals surface area contributed by atoms with Crippen LogP contribution in [0.25, 0.3) is 0 Å². The first-order valence-electron chi connectivity index (χ1n) is 1.44. The molecule has 0 aromatic rings. The molecule has 0 spiro atoms. The van der Waals surface area contributed by atoms with E-state index < -0.39 is 5.97 Å². The second kappa shape index (κ2) is 10.5. The third-order valence-electron chi connectivity index (χ3n) is 0.175. The molecule has 0 bridgehead atoms. The normalized spacial score (nSPS) is 7.38. The molecular formula is C2H5Cl2CoNO2. The van der Waals surface area contributed by atoms with Crippen LogP contribution >= 0.6 is 20.3 Å². The first-order chi connectivity index (χ1) is 3.68. The van der Waals surface area contributed by atoms with Crippen molar-refractivity contribution in [2.45, 2.75) is 0 Å². The van der Waals surface area contributed by atoms with Crippen molar-refractivity contribution < 1.29 is 22.8 Å². The molecule has 0 heterocycles. The number of carboxylic acids is 1. The summed E-state index contributed by atoms with van der Waals surface area (Å²) in [6.45, 7) is -0.278. The van der Waals surface area contributed by atoms with Crippen LogP contribution in [-0.4, -0.2) is 17.6 Å². The number of carboxylic acid groups (broad SMARTS) is 1. The Balaban J connectivity index is 0. The molecule has 0 atom stereocenters. The molecule has 0 fully saturated rings. The van der Waals surface area contributed by atoms with Crippen molar-refractivity contribution >= 4 is 26.3 Å². The Hall–Kier alpha value is 0.516. The maximum absolute atomic E-state index is 9.24. The van der Waals surface area contributed by atoms with Crippen LogP contribution in [0.15, 0.2) is 0 Å². The monoisotopic (exact) mass is 204 g/mol. The molecule has 0 aliphatic rings. The van der Waals surface area contributed by atoms with Crippen molar-refractivity contribution in [1.82, 2.24) is 0 Å². The summed E-state index contributed by atoms with van der Waals surface area (Å²) >= 11 is 0.382. The molecule has 0 rings (SSSR count). The number of hydrogen-bond acceptors (Lipinski definition) is 2. The third kappa shape index (κ3) is 31.3. The summed E-state index contributed by atoms with van der Waals surface area (Å²) in [5, 5.41) is 7.60. The van der Waals surface area contributed by atoms with Gasteiger partial charge in [-0.15, -0.1) is 0 Å². The predicted molar refractivity (Wildman–Crippen MR) is 28.4 cm³/mol. The maximum atomic E-state index is 9.24. The summed E-state index contributed by atoms with van der Waals surface area (Å²) in [5.41, 5.74) is 4.57. The van der Waals surface area contributed by atoms with E-state index in [-0.39, 0.29) is 6.54 Å². The number of hydrogen-bond donors (Lipinski definition) is 2. The summed E-state index contributed by atoms with van der Waals surface area (Å²) in [4.78, 5) is 9.24. The van der Waals surface area contributed by atoms with Crippen LogP contribution in [0.4, 0.5) is 0 Å². The van der Waals surface area contributed by atoms with Gasteiger partial charge in [-0.05, 0) is 0 Å². The Morgan fingerprint density at radius 3 is 1.88 bits per heavy atom. The van der Waals surface area contributed by atoms with Gasteiger partial charge in [0.2, 0.25) is 0 Å². The van der Waals surface area contributed by atoms with Crippen molar-refractivity contribution in [2.24, 2.45) is 5.73 Å². The zero-order valence-corrected chi connectivity index (χ0v) is 6.28. The second-order valence-electron chi connectivity index (χ2n) is 0.645. The number of halogens is 2. The number of rotatable bonds is 1. The minimum atomic E-state index is -0.968. The minimum absolute atomic E-state index is 0.278. The van der Waals surface area contributed by atoms with E-state index in [1.54, 1.807) is 0 Å². The van der Waals surface area contributed by atoms with Crippen LogP contribution in [0, 0.1) is 0 Å². The van der Waals surface area contributed by atoms with Gasteiger partial charge >= 0.3 is 39.2 Å². The quantitative estimate of drug-likeness (QED) is 0.651. The number of nitrogens with two attached hydrogens (primary N) is 1. The fourth-order valence-corrected chi connectivity index (χ4v) is 0. The Morgan fingerprint density at radius 1 is 1.75 bits per heavy atom. The molecule has 0 aromatic heterocycles. The summed E-state index contributed by atoms with van der Waals surface area (Å²) in [5.74, 6) is -0.968. The summed E-state index contributed by atoms with van der Waals surface area (Å²) < 4.78 is 0. The van der Waals surface area contributed by atoms with E-state index in [0.29, 0.717) is 12.9 Å². The van der Waals surface area contributed by atoms with E-state index in [4.69, 9.17) is 25.4 Å². The molecule has 0 amide bonds. The fourth-order valence-electron chi connectivity index (χ4n) is 0. The molecule has 3 nitrogen and oxygen atoms in total. The van der Waals surface area contributed by atoms with Crippen molar-refractivity contribution in [2.75, 3.05) is 6.54 Å². The first kappa shape index (κ1) is 11.3. The van der Waals surface area contributed by atoms with Crippen LogP contribution in [0.3, 0.4) is 0 Å². The zero-order valence-electron chi connectivity index (χ0n) is 3.73. The molecule has 53 valence electrons. The molecule has 3 N–H and O–H groups in total. The van der Waals surface area contributed by atoms with Crippen LogP contribution < -0.4 is 5.73 Å². The second-order valence-corrected chi connectivity index (χ2v) is 2.36. The zero-order chi connectivity index (χ0) is 6.99. The van der Waals surface area contributed by atoms with Crippen molar-refractivity contribution in [3.63, 3.8) is 0 Å². The summed E-state index contributed by atoms with van der Waals surface area (Å²) in [6, 6.07) is 0. The van der Waals surface area contributed by atoms with Gasteiger partial charge in [0, 0.05) is 0 Å². The molecule has 0 saturated heterocycles. The van der Waals surface area contributed by atoms with Gasteiger partial charge in [0.15, 0.2) is 0 Å². The van der Waals surface area contributed by atoms with E-state index in [9.17, 15) is 4.79 Å². The van der Waals surface area contributed by atoms with E-state index in [1.165, 1.54) is 0 Å². The fraction of sp³-hybridized carbons (Fsp3) is 0.500. The van der Waals surface area contributed by atoms with Crippen molar-refractivity contribution in [3.05, 3.63) is 0 Å². The molecule has 0 aliphatic heterocycles. The summed E-state index contributed by atoms with van der Waals surface area (Å²) in [7, 11) is 9.47. The van der Waals surface area contributed by atoms with Gasteiger partial charge in [-0.1, -0.05) is 0 Å². The van der Waals surface area contributed by atoms with Crippen LogP contribution in [-0.2, 0) is 17.7 Å². The van der Waals surface area contributed by atoms with Crippen LogP contribution in [0.2, 0.25) is 0 Å². The average molecular weight is 205 g/mol. The molecular weight excluding hydrogens is 200 g/mol. The number of aliphatic carboxylic acids is 1. The molecule has 0 aromatic carbocycles. The molecule has 0 aliphatic carbocycles. The molecule has 0 unspecified atom stereocenters. The van der Waals surface area contributed by atoms with Gasteiger partial charge in [0.05, 0.1) is 6.54 Å². The van der Waals surface area contributed by atoms with Gasteiger partial charge in [0.1, 0.15) is 0 Å². The van der Waals surface area contributed by atoms with E-state index in [0.717, 1.165) is 0 Å². The Bertz CT molecular complexity index is 62.0. The number of carbonyl (C=O) groups is 1. The van der Waals surface area contributed by atoms with Gasteiger partial charge in [-0.25, -0.2) is 0 Å². The predicted octanol–water partition coefficient (Wildman–Crippen LogP) is 0.406. The Kier molecular flexibility index (Phi) is 14.9. The van der Waals surface area contributed by atoms with E-state index in [2.05, 4.69) is 5.73 Å². The third-order valence-corrected chi connectivity index (χ3v) is 0.175. The van der Waals surface area contributed by atoms with Gasteiger partial charge < -0.3 is 10.8 Å². The Labute approximate surface area is 61.6 Å². The van der Waals surface area contributed by atoms with Crippen molar-refractivity contribution in [1.29, 1.82) is 0 Å². The molecule has 6 heteroatoms. The Morgan fingerprint density at radius 2 is 1.88 bits per heavy atom. The van der Waals surface area contributed by atoms with E-state index >= 15 is 0 Å². The summed E-state index contributed by atoms with van der Waals surface area (Å²) in [6.07, 6.45) is 0. The van der Waals surface area contributed by atoms with Crippen LogP contribution in [0.1, 0.15) is 0 Å². The van der Waals surface area contributed by atoms with E-state index in [1.807, 2.05) is 0 Å². The average Bonchev–Trinajstić information content (AvgIpc) is 1.69. The van der Waals surface area contributed by atoms with Crippen molar-refractivity contribution in [3.8, 4) is 0 Å². The van der Waals surface area contributed by atoms with Gasteiger partial charge in [0.25, 0.3) is 0 Å².